The molecule has 3 rings (SSSR count). The normalized spacial score (nSPS) is 20.8. The number of para-hydroxylation sites is 1. The fourth-order valence-electron chi connectivity index (χ4n) is 3.31. The molecule has 1 N–H and O–H groups in total. The minimum absolute atomic E-state index is 0.452. The zero-order valence-electron chi connectivity index (χ0n) is 12.3. The van der Waals surface area contributed by atoms with Crippen molar-refractivity contribution in [3.63, 3.8) is 0 Å². The predicted octanol–water partition coefficient (Wildman–Crippen LogP) is 4.20. The van der Waals surface area contributed by atoms with Gasteiger partial charge in [-0.3, -0.25) is 0 Å². The molecule has 1 heterocycles. The molecule has 102 valence electrons. The lowest BCUT2D eigenvalue weighted by Gasteiger charge is -2.04. The van der Waals surface area contributed by atoms with E-state index in [4.69, 9.17) is 4.42 Å². The summed E-state index contributed by atoms with van der Waals surface area (Å²) in [7, 11) is 0. The van der Waals surface area contributed by atoms with E-state index in [1.54, 1.807) is 0 Å². The van der Waals surface area contributed by atoms with Gasteiger partial charge in [-0.15, -0.1) is 0 Å². The Labute approximate surface area is 115 Å². The maximum atomic E-state index is 5.81. The fourth-order valence-corrected chi connectivity index (χ4v) is 3.31. The molecule has 0 unspecified atom stereocenters. The SMILES string of the molecule is CC1(C)C(CNCc2cc3ccccc3o2)C1(C)C. The average Bonchev–Trinajstić information content (AvgIpc) is 2.68. The Morgan fingerprint density at radius 1 is 1.11 bits per heavy atom. The second-order valence-electron chi connectivity index (χ2n) is 6.88. The monoisotopic (exact) mass is 257 g/mol. The molecule has 1 aromatic carbocycles. The molecular formula is C17H23NO. The number of nitrogens with one attached hydrogen (secondary N) is 1. The summed E-state index contributed by atoms with van der Waals surface area (Å²) >= 11 is 0. The lowest BCUT2D eigenvalue weighted by atomic mass is 10.0. The van der Waals surface area contributed by atoms with Crippen LogP contribution in [0.4, 0.5) is 0 Å². The molecule has 19 heavy (non-hydrogen) atoms. The van der Waals surface area contributed by atoms with Crippen LogP contribution >= 0.6 is 0 Å². The third-order valence-corrected chi connectivity index (χ3v) is 5.44. The van der Waals surface area contributed by atoms with Gasteiger partial charge in [0, 0.05) is 5.39 Å². The van der Waals surface area contributed by atoms with Crippen LogP contribution in [0.1, 0.15) is 33.5 Å². The summed E-state index contributed by atoms with van der Waals surface area (Å²) in [5.41, 5.74) is 1.88. The van der Waals surface area contributed by atoms with Crippen molar-refractivity contribution in [3.05, 3.63) is 36.1 Å². The van der Waals surface area contributed by atoms with Gasteiger partial charge in [0.15, 0.2) is 0 Å². The minimum atomic E-state index is 0.452. The predicted molar refractivity (Wildman–Crippen MR) is 79.0 cm³/mol. The smallest absolute Gasteiger partial charge is 0.134 e. The molecule has 0 saturated heterocycles. The molecule has 0 spiro atoms. The van der Waals surface area contributed by atoms with Crippen molar-refractivity contribution >= 4 is 11.0 Å². The van der Waals surface area contributed by atoms with E-state index in [0.29, 0.717) is 10.8 Å². The molecule has 0 bridgehead atoms. The molecule has 0 radical (unpaired) electrons. The molecule has 0 amide bonds. The molecule has 0 aliphatic heterocycles. The molecule has 2 heteroatoms. The number of hydrogen-bond acceptors (Lipinski definition) is 2. The van der Waals surface area contributed by atoms with Gasteiger partial charge >= 0.3 is 0 Å². The zero-order valence-corrected chi connectivity index (χ0v) is 12.3. The standard InChI is InChI=1S/C17H23NO/c1-16(2)15(17(16,3)4)11-18-10-13-9-12-7-5-6-8-14(12)19-13/h5-9,15,18H,10-11H2,1-4H3. The molecule has 2 nitrogen and oxygen atoms in total. The van der Waals surface area contributed by atoms with E-state index < -0.39 is 0 Å². The number of benzene rings is 1. The van der Waals surface area contributed by atoms with Crippen molar-refractivity contribution < 1.29 is 4.42 Å². The summed E-state index contributed by atoms with van der Waals surface area (Å²) < 4.78 is 5.81. The summed E-state index contributed by atoms with van der Waals surface area (Å²) in [6.07, 6.45) is 0. The molecule has 1 aliphatic rings. The lowest BCUT2D eigenvalue weighted by molar-refractivity contribution is 0.457. The maximum Gasteiger partial charge on any atom is 0.134 e. The summed E-state index contributed by atoms with van der Waals surface area (Å²) in [5, 5.41) is 4.73. The van der Waals surface area contributed by atoms with Crippen molar-refractivity contribution in [2.45, 2.75) is 34.2 Å². The Morgan fingerprint density at radius 3 is 2.42 bits per heavy atom. The van der Waals surface area contributed by atoms with Gasteiger partial charge in [-0.2, -0.15) is 0 Å². The van der Waals surface area contributed by atoms with Crippen molar-refractivity contribution in [2.24, 2.45) is 16.7 Å². The van der Waals surface area contributed by atoms with E-state index in [0.717, 1.165) is 30.4 Å². The first-order valence-electron chi connectivity index (χ1n) is 7.11. The van der Waals surface area contributed by atoms with Gasteiger partial charge in [0.25, 0.3) is 0 Å². The minimum Gasteiger partial charge on any atom is -0.460 e. The highest BCUT2D eigenvalue weighted by atomic mass is 16.3. The van der Waals surface area contributed by atoms with Gasteiger partial charge in [-0.1, -0.05) is 45.9 Å². The number of furan rings is 1. The van der Waals surface area contributed by atoms with Gasteiger partial charge in [-0.05, 0) is 35.4 Å². The fraction of sp³-hybridized carbons (Fsp3) is 0.529. The van der Waals surface area contributed by atoms with Crippen molar-refractivity contribution in [1.29, 1.82) is 0 Å². The first kappa shape index (κ1) is 12.7. The Morgan fingerprint density at radius 2 is 1.79 bits per heavy atom. The molecule has 0 atom stereocenters. The summed E-state index contributed by atoms with van der Waals surface area (Å²) in [6, 6.07) is 10.3. The van der Waals surface area contributed by atoms with E-state index in [1.807, 2.05) is 18.2 Å². The molecule has 1 aliphatic carbocycles. The summed E-state index contributed by atoms with van der Waals surface area (Å²) in [4.78, 5) is 0. The Kier molecular flexibility index (Phi) is 2.75. The van der Waals surface area contributed by atoms with Crippen LogP contribution in [0.25, 0.3) is 11.0 Å². The summed E-state index contributed by atoms with van der Waals surface area (Å²) in [6.45, 7) is 11.3. The number of hydrogen-bond donors (Lipinski definition) is 1. The van der Waals surface area contributed by atoms with Crippen molar-refractivity contribution in [1.82, 2.24) is 5.32 Å². The van der Waals surface area contributed by atoms with Crippen LogP contribution in [-0.4, -0.2) is 6.54 Å². The van der Waals surface area contributed by atoms with Crippen LogP contribution in [0.3, 0.4) is 0 Å². The van der Waals surface area contributed by atoms with E-state index >= 15 is 0 Å². The first-order chi connectivity index (χ1) is 8.93. The van der Waals surface area contributed by atoms with E-state index in [-0.39, 0.29) is 0 Å². The van der Waals surface area contributed by atoms with Crippen LogP contribution in [0.15, 0.2) is 34.7 Å². The molecule has 1 aromatic heterocycles. The maximum absolute atomic E-state index is 5.81. The Hall–Kier alpha value is -1.28. The van der Waals surface area contributed by atoms with Gasteiger partial charge in [0.2, 0.25) is 0 Å². The van der Waals surface area contributed by atoms with Crippen molar-refractivity contribution in [3.8, 4) is 0 Å². The molecule has 2 aromatic rings. The Bertz CT molecular complexity index is 547. The number of rotatable bonds is 4. The average molecular weight is 257 g/mol. The van der Waals surface area contributed by atoms with Crippen LogP contribution < -0.4 is 5.32 Å². The zero-order chi connectivity index (χ0) is 13.7. The second-order valence-corrected chi connectivity index (χ2v) is 6.88. The van der Waals surface area contributed by atoms with Crippen LogP contribution in [0.5, 0.6) is 0 Å². The quantitative estimate of drug-likeness (QED) is 0.887. The van der Waals surface area contributed by atoms with E-state index in [2.05, 4.69) is 45.1 Å². The van der Waals surface area contributed by atoms with E-state index in [9.17, 15) is 0 Å². The lowest BCUT2D eigenvalue weighted by Crippen LogP contribution is -2.18. The van der Waals surface area contributed by atoms with Crippen LogP contribution in [0.2, 0.25) is 0 Å². The molecule has 1 fully saturated rings. The molecular weight excluding hydrogens is 234 g/mol. The van der Waals surface area contributed by atoms with Crippen LogP contribution in [-0.2, 0) is 6.54 Å². The first-order valence-corrected chi connectivity index (χ1v) is 7.11. The summed E-state index contributed by atoms with van der Waals surface area (Å²) in [5.74, 6) is 1.78. The second kappa shape index (κ2) is 4.11. The van der Waals surface area contributed by atoms with Gasteiger partial charge in [0.05, 0.1) is 6.54 Å². The number of fused-ring (bicyclic) bond motifs is 1. The third-order valence-electron chi connectivity index (χ3n) is 5.44. The highest BCUT2D eigenvalue weighted by Gasteiger charge is 2.63. The topological polar surface area (TPSA) is 25.2 Å². The van der Waals surface area contributed by atoms with E-state index in [1.165, 1.54) is 5.39 Å². The molecule has 1 saturated carbocycles. The van der Waals surface area contributed by atoms with Gasteiger partial charge in [-0.25, -0.2) is 0 Å². The van der Waals surface area contributed by atoms with Crippen molar-refractivity contribution in [2.75, 3.05) is 6.54 Å². The highest BCUT2D eigenvalue weighted by Crippen LogP contribution is 2.67. The van der Waals surface area contributed by atoms with Gasteiger partial charge < -0.3 is 9.73 Å². The largest absolute Gasteiger partial charge is 0.460 e. The van der Waals surface area contributed by atoms with Crippen LogP contribution in [0, 0.1) is 16.7 Å². The Balaban J connectivity index is 1.59. The van der Waals surface area contributed by atoms with Gasteiger partial charge in [0.1, 0.15) is 11.3 Å². The highest BCUT2D eigenvalue weighted by molar-refractivity contribution is 5.77. The third kappa shape index (κ3) is 1.99.